The smallest absolute Gasteiger partial charge is 0.246 e. The number of sulfonamides is 1. The van der Waals surface area contributed by atoms with Crippen molar-refractivity contribution < 1.29 is 17.7 Å². The van der Waals surface area contributed by atoms with E-state index in [0.29, 0.717) is 30.2 Å². The van der Waals surface area contributed by atoms with Crippen LogP contribution < -0.4 is 5.32 Å². The maximum Gasteiger partial charge on any atom is 0.246 e. The Balaban J connectivity index is 1.57. The molecule has 1 amide bonds. The van der Waals surface area contributed by atoms with Crippen LogP contribution in [0.3, 0.4) is 0 Å². The zero-order chi connectivity index (χ0) is 19.4. The minimum absolute atomic E-state index is 0.0385. The fraction of sp³-hybridized carbons (Fsp3) is 0.471. The molecule has 8 nitrogen and oxygen atoms in total. The van der Waals surface area contributed by atoms with Crippen LogP contribution in [0.1, 0.15) is 25.7 Å². The van der Waals surface area contributed by atoms with Crippen LogP contribution in [0.15, 0.2) is 28.8 Å². The molecule has 1 aliphatic heterocycles. The van der Waals surface area contributed by atoms with E-state index in [1.165, 1.54) is 4.31 Å². The van der Waals surface area contributed by atoms with Gasteiger partial charge in [-0.15, -0.1) is 0 Å². The molecule has 1 saturated heterocycles. The number of benzene rings is 1. The zero-order valence-corrected chi connectivity index (χ0v) is 16.5. The van der Waals surface area contributed by atoms with Gasteiger partial charge in [0.1, 0.15) is 0 Å². The summed E-state index contributed by atoms with van der Waals surface area (Å²) < 4.78 is 30.6. The van der Waals surface area contributed by atoms with Gasteiger partial charge in [0.05, 0.1) is 18.2 Å². The van der Waals surface area contributed by atoms with Crippen LogP contribution in [0.25, 0.3) is 11.4 Å². The van der Waals surface area contributed by atoms with Crippen molar-refractivity contribution in [3.63, 3.8) is 0 Å². The molecule has 0 spiro atoms. The molecule has 2 aromatic rings. The number of rotatable bonds is 6. The number of nitrogens with one attached hydrogen (secondary N) is 1. The molecule has 0 bridgehead atoms. The summed E-state index contributed by atoms with van der Waals surface area (Å²) in [5, 5.41) is 7.26. The van der Waals surface area contributed by atoms with Crippen molar-refractivity contribution in [2.75, 3.05) is 18.8 Å². The average Bonchev–Trinajstić information content (AvgIpc) is 3.16. The summed E-state index contributed by atoms with van der Waals surface area (Å²) in [5.74, 6) is 0.142. The van der Waals surface area contributed by atoms with Crippen LogP contribution in [0, 0.1) is 5.92 Å². The zero-order valence-electron chi connectivity index (χ0n) is 14.9. The largest absolute Gasteiger partial charge is 0.347 e. The maximum absolute atomic E-state index is 12.4. The van der Waals surface area contributed by atoms with Crippen molar-refractivity contribution in [1.29, 1.82) is 0 Å². The molecule has 1 aromatic heterocycles. The van der Waals surface area contributed by atoms with Gasteiger partial charge in [-0.05, 0) is 44.0 Å². The minimum Gasteiger partial charge on any atom is -0.347 e. The summed E-state index contributed by atoms with van der Waals surface area (Å²) in [6.45, 7) is 2.37. The van der Waals surface area contributed by atoms with Gasteiger partial charge in [-0.1, -0.05) is 16.8 Å². The number of hydrogen-bond acceptors (Lipinski definition) is 6. The topological polar surface area (TPSA) is 105 Å². The molecule has 10 heteroatoms. The van der Waals surface area contributed by atoms with Crippen LogP contribution in [0.4, 0.5) is 0 Å². The third-order valence-corrected chi connectivity index (χ3v) is 6.60. The minimum atomic E-state index is -3.28. The van der Waals surface area contributed by atoms with E-state index < -0.39 is 10.0 Å². The second kappa shape index (κ2) is 8.37. The Morgan fingerprint density at radius 1 is 1.37 bits per heavy atom. The van der Waals surface area contributed by atoms with Crippen LogP contribution in [0.5, 0.6) is 0 Å². The first-order valence-electron chi connectivity index (χ1n) is 8.73. The van der Waals surface area contributed by atoms with Crippen LogP contribution in [-0.4, -0.2) is 47.6 Å². The summed E-state index contributed by atoms with van der Waals surface area (Å²) in [4.78, 5) is 16.7. The van der Waals surface area contributed by atoms with Crippen molar-refractivity contribution in [2.24, 2.45) is 5.92 Å². The number of halogens is 1. The third-order valence-electron chi connectivity index (χ3n) is 4.50. The number of piperidine rings is 1. The second-order valence-electron chi connectivity index (χ2n) is 6.33. The molecule has 2 heterocycles. The monoisotopic (exact) mass is 412 g/mol. The van der Waals surface area contributed by atoms with Crippen molar-refractivity contribution in [3.05, 3.63) is 35.2 Å². The fourth-order valence-corrected chi connectivity index (χ4v) is 4.25. The van der Waals surface area contributed by atoms with E-state index in [-0.39, 0.29) is 36.6 Å². The Bertz CT molecular complexity index is 898. The molecule has 27 heavy (non-hydrogen) atoms. The number of hydrogen-bond donors (Lipinski definition) is 1. The molecule has 0 aliphatic carbocycles. The van der Waals surface area contributed by atoms with E-state index in [1.54, 1.807) is 31.2 Å². The molecule has 0 saturated carbocycles. The lowest BCUT2D eigenvalue weighted by molar-refractivity contribution is -0.126. The third kappa shape index (κ3) is 4.85. The second-order valence-corrected chi connectivity index (χ2v) is 9.03. The van der Waals surface area contributed by atoms with Crippen molar-refractivity contribution >= 4 is 27.5 Å². The van der Waals surface area contributed by atoms with Gasteiger partial charge in [-0.3, -0.25) is 4.79 Å². The van der Waals surface area contributed by atoms with Gasteiger partial charge in [-0.2, -0.15) is 4.98 Å². The van der Waals surface area contributed by atoms with Crippen LogP contribution in [-0.2, 0) is 21.4 Å². The van der Waals surface area contributed by atoms with Gasteiger partial charge >= 0.3 is 0 Å². The number of amides is 1. The maximum atomic E-state index is 12.4. The molecular weight excluding hydrogens is 392 g/mol. The standard InChI is InChI=1S/C17H21ClN4O4S/c1-2-27(24,25)22-9-3-4-13(11-22)17(23)19-10-15-20-16(21-26-15)12-5-7-14(18)8-6-12/h5-8,13H,2-4,9-11H2,1H3,(H,19,23)/t13-/m0/s1. The highest BCUT2D eigenvalue weighted by Gasteiger charge is 2.31. The van der Waals surface area contributed by atoms with Crippen molar-refractivity contribution in [2.45, 2.75) is 26.3 Å². The van der Waals surface area contributed by atoms with E-state index in [0.717, 1.165) is 5.56 Å². The summed E-state index contributed by atoms with van der Waals surface area (Å²) in [5.41, 5.74) is 0.758. The van der Waals surface area contributed by atoms with E-state index in [9.17, 15) is 13.2 Å². The molecule has 1 aliphatic rings. The summed E-state index contributed by atoms with van der Waals surface area (Å²) in [6, 6.07) is 7.02. The Labute approximate surface area is 162 Å². The van der Waals surface area contributed by atoms with Gasteiger partial charge in [0.2, 0.25) is 27.6 Å². The highest BCUT2D eigenvalue weighted by Crippen LogP contribution is 2.21. The highest BCUT2D eigenvalue weighted by atomic mass is 35.5. The SMILES string of the molecule is CCS(=O)(=O)N1CCC[C@H](C(=O)NCc2nc(-c3ccc(Cl)cc3)no2)C1. The normalized spacial score (nSPS) is 18.4. The first kappa shape index (κ1) is 19.8. The summed E-state index contributed by atoms with van der Waals surface area (Å²) in [6.07, 6.45) is 1.32. The lowest BCUT2D eigenvalue weighted by Gasteiger charge is -2.30. The molecule has 1 fully saturated rings. The predicted molar refractivity (Wildman–Crippen MR) is 100 cm³/mol. The average molecular weight is 413 g/mol. The Kier molecular flexibility index (Phi) is 6.13. The molecule has 146 valence electrons. The molecule has 0 radical (unpaired) electrons. The van der Waals surface area contributed by atoms with Crippen LogP contribution in [0.2, 0.25) is 5.02 Å². The number of carbonyl (C=O) groups excluding carboxylic acids is 1. The number of aromatic nitrogens is 2. The molecule has 1 aromatic carbocycles. The van der Waals surface area contributed by atoms with E-state index in [1.807, 2.05) is 0 Å². The Morgan fingerprint density at radius 3 is 2.81 bits per heavy atom. The Morgan fingerprint density at radius 2 is 2.11 bits per heavy atom. The van der Waals surface area contributed by atoms with E-state index in [4.69, 9.17) is 16.1 Å². The summed E-state index contributed by atoms with van der Waals surface area (Å²) >= 11 is 5.86. The quantitative estimate of drug-likeness (QED) is 0.778. The first-order chi connectivity index (χ1) is 12.9. The van der Waals surface area contributed by atoms with Crippen molar-refractivity contribution in [3.8, 4) is 11.4 Å². The lowest BCUT2D eigenvalue weighted by Crippen LogP contribution is -2.45. The van der Waals surface area contributed by atoms with Gasteiger partial charge in [0.25, 0.3) is 0 Å². The van der Waals surface area contributed by atoms with Gasteiger partial charge in [0, 0.05) is 23.7 Å². The lowest BCUT2D eigenvalue weighted by atomic mass is 9.99. The van der Waals surface area contributed by atoms with E-state index in [2.05, 4.69) is 15.5 Å². The summed E-state index contributed by atoms with van der Waals surface area (Å²) in [7, 11) is -3.28. The predicted octanol–water partition coefficient (Wildman–Crippen LogP) is 2.07. The van der Waals surface area contributed by atoms with Gasteiger partial charge in [0.15, 0.2) is 0 Å². The molecule has 1 atom stereocenters. The first-order valence-corrected chi connectivity index (χ1v) is 10.7. The fourth-order valence-electron chi connectivity index (χ4n) is 2.94. The van der Waals surface area contributed by atoms with Gasteiger partial charge in [-0.25, -0.2) is 12.7 Å². The molecular formula is C17H21ClN4O4S. The molecule has 0 unspecified atom stereocenters. The highest BCUT2D eigenvalue weighted by molar-refractivity contribution is 7.89. The molecule has 3 rings (SSSR count). The number of carbonyl (C=O) groups is 1. The number of nitrogens with zero attached hydrogens (tertiary/aromatic N) is 3. The van der Waals surface area contributed by atoms with Crippen LogP contribution >= 0.6 is 11.6 Å². The molecule has 1 N–H and O–H groups in total. The van der Waals surface area contributed by atoms with Gasteiger partial charge < -0.3 is 9.84 Å². The van der Waals surface area contributed by atoms with E-state index >= 15 is 0 Å². The van der Waals surface area contributed by atoms with Crippen molar-refractivity contribution in [1.82, 2.24) is 19.8 Å². The Hall–Kier alpha value is -1.97.